The number of sulfonamides is 1. The van der Waals surface area contributed by atoms with Crippen LogP contribution in [-0.2, 0) is 23.5 Å². The molecule has 4 aromatic rings. The van der Waals surface area contributed by atoms with Gasteiger partial charge in [0.05, 0.1) is 32.5 Å². The van der Waals surface area contributed by atoms with Crippen molar-refractivity contribution in [2.24, 2.45) is 7.05 Å². The second kappa shape index (κ2) is 9.74. The highest BCUT2D eigenvalue weighted by atomic mass is 35.5. The molecule has 0 bridgehead atoms. The van der Waals surface area contributed by atoms with Gasteiger partial charge >= 0.3 is 0 Å². The number of aryl methyl sites for hydroxylation is 2. The minimum atomic E-state index is -3.79. The van der Waals surface area contributed by atoms with E-state index in [1.165, 1.54) is 14.2 Å². The molecule has 0 atom stereocenters. The lowest BCUT2D eigenvalue weighted by Gasteiger charge is -2.17. The van der Waals surface area contributed by atoms with Gasteiger partial charge in [-0.25, -0.2) is 13.4 Å². The van der Waals surface area contributed by atoms with Crippen LogP contribution in [0.3, 0.4) is 0 Å². The van der Waals surface area contributed by atoms with Crippen LogP contribution in [0.1, 0.15) is 5.56 Å². The van der Waals surface area contributed by atoms with E-state index in [4.69, 9.17) is 21.1 Å². The van der Waals surface area contributed by atoms with Crippen LogP contribution in [0.2, 0.25) is 5.02 Å². The number of para-hydroxylation sites is 1. The minimum Gasteiger partial charge on any atom is -0.494 e. The fourth-order valence-electron chi connectivity index (χ4n) is 3.45. The van der Waals surface area contributed by atoms with Gasteiger partial charge in [-0.15, -0.1) is 10.2 Å². The second-order valence-electron chi connectivity index (χ2n) is 7.38. The molecule has 12 heteroatoms. The minimum absolute atomic E-state index is 0.00453. The summed E-state index contributed by atoms with van der Waals surface area (Å²) in [6.45, 7) is 0. The van der Waals surface area contributed by atoms with Crippen molar-refractivity contribution < 1.29 is 17.9 Å². The topological polar surface area (TPSA) is 113 Å². The largest absolute Gasteiger partial charge is 0.494 e. The number of hydrogen-bond donors (Lipinski definition) is 1. The van der Waals surface area contributed by atoms with Gasteiger partial charge in [0.25, 0.3) is 0 Å². The molecule has 4 rings (SSSR count). The molecule has 0 aliphatic heterocycles. The SMILES string of the molecule is COc1cccc(OC)c1-n1c(NS(=O)(=O)CCc2ccc(Cl)cc2)nnc1-c1cncn1C. The summed E-state index contributed by atoms with van der Waals surface area (Å²) >= 11 is 5.91. The van der Waals surface area contributed by atoms with Crippen LogP contribution in [0.4, 0.5) is 5.95 Å². The van der Waals surface area contributed by atoms with Crippen molar-refractivity contribution in [3.8, 4) is 28.7 Å². The summed E-state index contributed by atoms with van der Waals surface area (Å²) in [5.74, 6) is 1.09. The maximum absolute atomic E-state index is 13.0. The molecule has 0 spiro atoms. The standard InChI is InChI=1S/C22H23ClN6O4S/c1-28-14-24-13-17(28)21-25-26-22(29(21)20-18(32-2)5-4-6-19(20)33-3)27-34(30,31)12-11-15-7-9-16(23)10-8-15/h4-10,13-14H,11-12H2,1-3H3,(H,26,27). The number of rotatable bonds is 9. The van der Waals surface area contributed by atoms with E-state index in [2.05, 4.69) is 19.9 Å². The zero-order valence-corrected chi connectivity index (χ0v) is 20.3. The molecule has 34 heavy (non-hydrogen) atoms. The molecule has 0 saturated heterocycles. The van der Waals surface area contributed by atoms with Crippen LogP contribution in [0, 0.1) is 0 Å². The van der Waals surface area contributed by atoms with E-state index in [0.29, 0.717) is 40.1 Å². The monoisotopic (exact) mass is 502 g/mol. The molecule has 0 aliphatic carbocycles. The molecule has 0 unspecified atom stereocenters. The van der Waals surface area contributed by atoms with Gasteiger partial charge in [0, 0.05) is 12.1 Å². The molecule has 2 aromatic carbocycles. The number of halogens is 1. The Kier molecular flexibility index (Phi) is 6.75. The van der Waals surface area contributed by atoms with E-state index in [1.807, 2.05) is 0 Å². The highest BCUT2D eigenvalue weighted by Gasteiger charge is 2.26. The predicted molar refractivity (Wildman–Crippen MR) is 129 cm³/mol. The van der Waals surface area contributed by atoms with E-state index in [9.17, 15) is 8.42 Å². The molecular weight excluding hydrogens is 480 g/mol. The average Bonchev–Trinajstić information content (AvgIpc) is 3.43. The van der Waals surface area contributed by atoms with Gasteiger partial charge in [-0.05, 0) is 36.2 Å². The molecule has 178 valence electrons. The van der Waals surface area contributed by atoms with Crippen LogP contribution in [0.15, 0.2) is 55.0 Å². The van der Waals surface area contributed by atoms with E-state index in [1.54, 1.807) is 71.2 Å². The quantitative estimate of drug-likeness (QED) is 0.373. The van der Waals surface area contributed by atoms with Crippen molar-refractivity contribution in [2.75, 3.05) is 24.7 Å². The van der Waals surface area contributed by atoms with Crippen molar-refractivity contribution >= 4 is 27.6 Å². The van der Waals surface area contributed by atoms with Gasteiger partial charge in [-0.3, -0.25) is 9.29 Å². The van der Waals surface area contributed by atoms with Crippen LogP contribution in [-0.4, -0.2) is 52.7 Å². The first kappa shape index (κ1) is 23.6. The van der Waals surface area contributed by atoms with E-state index >= 15 is 0 Å². The van der Waals surface area contributed by atoms with E-state index < -0.39 is 10.0 Å². The molecule has 0 aliphatic rings. The Hall–Kier alpha value is -3.57. The molecule has 2 heterocycles. The third-order valence-corrected chi connectivity index (χ3v) is 6.64. The number of aromatic nitrogens is 5. The van der Waals surface area contributed by atoms with Crippen molar-refractivity contribution in [2.45, 2.75) is 6.42 Å². The number of nitrogens with zero attached hydrogens (tertiary/aromatic N) is 5. The van der Waals surface area contributed by atoms with Gasteiger partial charge in [0.15, 0.2) is 5.82 Å². The summed E-state index contributed by atoms with van der Waals surface area (Å²) in [5.41, 5.74) is 1.91. The molecule has 10 nitrogen and oxygen atoms in total. The average molecular weight is 503 g/mol. The zero-order valence-electron chi connectivity index (χ0n) is 18.8. The number of nitrogens with one attached hydrogen (secondary N) is 1. The Morgan fingerprint density at radius 1 is 1.03 bits per heavy atom. The maximum atomic E-state index is 13.0. The second-order valence-corrected chi connectivity index (χ2v) is 9.66. The Morgan fingerprint density at radius 3 is 2.29 bits per heavy atom. The molecular formula is C22H23ClN6O4S. The van der Waals surface area contributed by atoms with Gasteiger partial charge in [0.1, 0.15) is 22.9 Å². The Labute approximate surface area is 202 Å². The Morgan fingerprint density at radius 2 is 1.71 bits per heavy atom. The first-order chi connectivity index (χ1) is 16.3. The summed E-state index contributed by atoms with van der Waals surface area (Å²) in [4.78, 5) is 4.14. The first-order valence-corrected chi connectivity index (χ1v) is 12.2. The molecule has 2 aromatic heterocycles. The maximum Gasteiger partial charge on any atom is 0.243 e. The number of imidazole rings is 1. The van der Waals surface area contributed by atoms with Gasteiger partial charge in [0.2, 0.25) is 16.0 Å². The fraction of sp³-hybridized carbons (Fsp3) is 0.227. The molecule has 0 amide bonds. The van der Waals surface area contributed by atoms with E-state index in [0.717, 1.165) is 5.56 Å². The lowest BCUT2D eigenvalue weighted by molar-refractivity contribution is 0.391. The first-order valence-electron chi connectivity index (χ1n) is 10.2. The highest BCUT2D eigenvalue weighted by molar-refractivity contribution is 7.92. The van der Waals surface area contributed by atoms with Gasteiger partial charge in [-0.1, -0.05) is 29.8 Å². The lowest BCUT2D eigenvalue weighted by Crippen LogP contribution is -2.21. The molecule has 1 N–H and O–H groups in total. The van der Waals surface area contributed by atoms with Crippen LogP contribution in [0.25, 0.3) is 17.2 Å². The lowest BCUT2D eigenvalue weighted by atomic mass is 10.2. The van der Waals surface area contributed by atoms with Gasteiger partial charge < -0.3 is 14.0 Å². The Balaban J connectivity index is 1.76. The third kappa shape index (κ3) is 4.85. The number of hydrogen-bond acceptors (Lipinski definition) is 7. The normalized spacial score (nSPS) is 11.4. The van der Waals surface area contributed by atoms with Gasteiger partial charge in [-0.2, -0.15) is 0 Å². The van der Waals surface area contributed by atoms with Crippen molar-refractivity contribution in [1.82, 2.24) is 24.3 Å². The van der Waals surface area contributed by atoms with Crippen LogP contribution in [0.5, 0.6) is 11.5 Å². The predicted octanol–water partition coefficient (Wildman–Crippen LogP) is 3.32. The third-order valence-electron chi connectivity index (χ3n) is 5.15. The number of ether oxygens (including phenoxy) is 2. The molecule has 0 saturated carbocycles. The fourth-order valence-corrected chi connectivity index (χ4v) is 4.59. The van der Waals surface area contributed by atoms with Crippen molar-refractivity contribution in [3.05, 3.63) is 65.6 Å². The molecule has 0 radical (unpaired) electrons. The van der Waals surface area contributed by atoms with E-state index in [-0.39, 0.29) is 11.7 Å². The summed E-state index contributed by atoms with van der Waals surface area (Å²) in [6.07, 6.45) is 3.53. The highest BCUT2D eigenvalue weighted by Crippen LogP contribution is 2.37. The van der Waals surface area contributed by atoms with Crippen LogP contribution < -0.4 is 14.2 Å². The number of methoxy groups -OCH3 is 2. The zero-order chi connectivity index (χ0) is 24.3. The Bertz CT molecular complexity index is 1380. The number of anilines is 1. The van der Waals surface area contributed by atoms with Crippen LogP contribution >= 0.6 is 11.6 Å². The smallest absolute Gasteiger partial charge is 0.243 e. The number of benzene rings is 2. The molecule has 0 fully saturated rings. The summed E-state index contributed by atoms with van der Waals surface area (Å²) in [7, 11) is 1.05. The van der Waals surface area contributed by atoms with Crippen molar-refractivity contribution in [1.29, 1.82) is 0 Å². The van der Waals surface area contributed by atoms with Crippen molar-refractivity contribution in [3.63, 3.8) is 0 Å². The summed E-state index contributed by atoms with van der Waals surface area (Å²) in [6, 6.07) is 12.3. The summed E-state index contributed by atoms with van der Waals surface area (Å²) in [5, 5.41) is 8.99. The summed E-state index contributed by atoms with van der Waals surface area (Å²) < 4.78 is 43.0.